The molecule has 0 fully saturated rings. The molecule has 1 aromatic rings. The highest BCUT2D eigenvalue weighted by Crippen LogP contribution is 2.18. The highest BCUT2D eigenvalue weighted by atomic mass is 16.5. The van der Waals surface area contributed by atoms with Gasteiger partial charge in [-0.05, 0) is 57.4 Å². The summed E-state index contributed by atoms with van der Waals surface area (Å²) in [6.07, 6.45) is 5.33. The maximum Gasteiger partial charge on any atom is 0.327 e. The number of likely N-dealkylation sites (N-methyl/N-ethyl adjacent to an activating group) is 1. The van der Waals surface area contributed by atoms with Crippen LogP contribution < -0.4 is 43.8 Å². The third-order valence-electron chi connectivity index (χ3n) is 11.7. The predicted molar refractivity (Wildman–Crippen MR) is 268 cm³/mol. The van der Waals surface area contributed by atoms with E-state index in [9.17, 15) is 58.5 Å². The number of rotatable bonds is 32. The minimum absolute atomic E-state index is 0.0184. The van der Waals surface area contributed by atoms with E-state index in [0.29, 0.717) is 6.42 Å². The summed E-state index contributed by atoms with van der Waals surface area (Å²) in [6.45, 7) is 15.0. The summed E-state index contributed by atoms with van der Waals surface area (Å²) < 4.78 is 5.73. The van der Waals surface area contributed by atoms with E-state index in [4.69, 9.17) is 21.9 Å². The minimum atomic E-state index is -1.86. The summed E-state index contributed by atoms with van der Waals surface area (Å²) in [4.78, 5) is 120. The second-order valence-corrected chi connectivity index (χ2v) is 18.1. The van der Waals surface area contributed by atoms with Gasteiger partial charge in [0.05, 0.1) is 17.9 Å². The van der Waals surface area contributed by atoms with Crippen molar-refractivity contribution >= 4 is 59.3 Å². The van der Waals surface area contributed by atoms with E-state index in [-0.39, 0.29) is 56.1 Å². The van der Waals surface area contributed by atoms with Gasteiger partial charge in [0.1, 0.15) is 35.9 Å². The van der Waals surface area contributed by atoms with Crippen LogP contribution in [0, 0.1) is 23.7 Å². The van der Waals surface area contributed by atoms with Gasteiger partial charge in [0.25, 0.3) is 5.91 Å². The van der Waals surface area contributed by atoms with E-state index >= 15 is 0 Å². The molecule has 0 aliphatic carbocycles. The Morgan fingerprint density at radius 3 is 1.85 bits per heavy atom. The van der Waals surface area contributed by atoms with Crippen molar-refractivity contribution in [3.63, 3.8) is 0 Å². The van der Waals surface area contributed by atoms with Gasteiger partial charge in [-0.25, -0.2) is 14.4 Å². The highest BCUT2D eigenvalue weighted by molar-refractivity contribution is 6.00. The molecule has 0 aliphatic heterocycles. The molecular weight excluding hydrogens is 937 g/mol. The second-order valence-electron chi connectivity index (χ2n) is 18.1. The molecule has 0 saturated heterocycles. The molecule has 0 radical (unpaired) electrons. The summed E-state index contributed by atoms with van der Waals surface area (Å²) in [5.41, 5.74) is 18.4. The van der Waals surface area contributed by atoms with Crippen molar-refractivity contribution in [3.05, 3.63) is 72.0 Å². The number of aliphatic imine (C=N–C) groups is 1. The van der Waals surface area contributed by atoms with Crippen LogP contribution in [0.5, 0.6) is 0 Å². The van der Waals surface area contributed by atoms with Gasteiger partial charge in [-0.2, -0.15) is 0 Å². The van der Waals surface area contributed by atoms with E-state index in [1.54, 1.807) is 33.1 Å². The Morgan fingerprint density at radius 2 is 1.32 bits per heavy atom. The zero-order valence-electron chi connectivity index (χ0n) is 42.7. The van der Waals surface area contributed by atoms with Crippen LogP contribution in [-0.2, 0) is 54.3 Å². The normalized spacial score (nSPS) is 15.7. The van der Waals surface area contributed by atoms with Crippen LogP contribution in [0.25, 0.3) is 0 Å². The topological polar surface area (TPSA) is 377 Å². The number of hydrogen-bond donors (Lipinski definition) is 11. The maximum atomic E-state index is 13.5. The van der Waals surface area contributed by atoms with Crippen molar-refractivity contribution in [3.8, 4) is 0 Å². The van der Waals surface area contributed by atoms with Crippen LogP contribution in [0.1, 0.15) is 86.1 Å². The fourth-order valence-electron chi connectivity index (χ4n) is 7.03. The monoisotopic (exact) mass is 1010 g/mol. The third kappa shape index (κ3) is 22.3. The quantitative estimate of drug-likeness (QED) is 0.0154. The Bertz CT molecular complexity index is 2140. The molecule has 0 aliphatic rings. The molecular formula is C49H76N10O13. The van der Waals surface area contributed by atoms with E-state index in [1.807, 2.05) is 50.3 Å². The number of guanidine groups is 1. The van der Waals surface area contributed by atoms with Gasteiger partial charge in [-0.3, -0.25) is 33.8 Å². The zero-order valence-corrected chi connectivity index (χ0v) is 42.7. The number of nitrogens with one attached hydrogen (secondary N) is 5. The van der Waals surface area contributed by atoms with Crippen LogP contribution in [-0.4, -0.2) is 143 Å². The molecule has 1 aromatic carbocycles. The van der Waals surface area contributed by atoms with Gasteiger partial charge in [-0.1, -0.05) is 95.3 Å². The first-order valence-corrected chi connectivity index (χ1v) is 23.5. The number of methoxy groups -OCH3 is 1. The molecule has 0 spiro atoms. The van der Waals surface area contributed by atoms with Crippen molar-refractivity contribution in [1.82, 2.24) is 31.5 Å². The number of carbonyl (C=O) groups excluding carboxylic acids is 6. The van der Waals surface area contributed by atoms with Gasteiger partial charge < -0.3 is 68.7 Å². The molecule has 0 aromatic heterocycles. The first-order valence-electron chi connectivity index (χ1n) is 23.5. The van der Waals surface area contributed by atoms with Crippen LogP contribution in [0.3, 0.4) is 0 Å². The van der Waals surface area contributed by atoms with Crippen LogP contribution >= 0.6 is 0 Å². The molecule has 14 N–H and O–H groups in total. The van der Waals surface area contributed by atoms with Gasteiger partial charge in [0.15, 0.2) is 5.96 Å². The molecule has 23 heteroatoms. The Labute approximate surface area is 420 Å². The van der Waals surface area contributed by atoms with E-state index in [1.165, 1.54) is 27.8 Å². The molecule has 0 bridgehead atoms. The summed E-state index contributed by atoms with van der Waals surface area (Å²) in [6, 6.07) is 1.64. The van der Waals surface area contributed by atoms with Crippen molar-refractivity contribution in [1.29, 1.82) is 0 Å². The third-order valence-corrected chi connectivity index (χ3v) is 11.7. The number of ether oxygens (including phenoxy) is 1. The van der Waals surface area contributed by atoms with Gasteiger partial charge >= 0.3 is 17.9 Å². The fraction of sp³-hybridized carbons (Fsp3) is 0.551. The Kier molecular flexibility index (Phi) is 27.3. The van der Waals surface area contributed by atoms with E-state index < -0.39 is 114 Å². The number of carboxylic acids is 3. The van der Waals surface area contributed by atoms with Crippen LogP contribution in [0.4, 0.5) is 0 Å². The largest absolute Gasteiger partial charge is 0.480 e. The molecule has 10 atom stereocenters. The highest BCUT2D eigenvalue weighted by Gasteiger charge is 2.36. The summed E-state index contributed by atoms with van der Waals surface area (Å²) in [7, 11) is 2.86. The lowest BCUT2D eigenvalue weighted by Gasteiger charge is -2.27. The van der Waals surface area contributed by atoms with Gasteiger partial charge in [0, 0.05) is 39.1 Å². The number of aliphatic carboxylic acids is 3. The number of amides is 6. The SMILES string of the molecule is C=C(C(=O)N[C@H](C)C(=O)N[C@@H](CC(C)C)C(=O)N[C@@H](C(=O)O)[C@H](C)C(=O)N[C@@H](CCCN=C(N)N)C(=O)O)N(C)C(=O)CC[C@@H](NC(=O)[C@@H](C)[C@@H](N)C=CC(C)=C[C@H](C)[C@H](Cc1ccccc1)OC)C(=O)O. The number of allylic oxidation sites excluding steroid dienone is 2. The lowest BCUT2D eigenvalue weighted by atomic mass is 9.95. The van der Waals surface area contributed by atoms with Crippen molar-refractivity contribution in [2.75, 3.05) is 20.7 Å². The maximum absolute atomic E-state index is 13.5. The van der Waals surface area contributed by atoms with Crippen LogP contribution in [0.15, 0.2) is 71.4 Å². The summed E-state index contributed by atoms with van der Waals surface area (Å²) in [5, 5.41) is 41.2. The smallest absolute Gasteiger partial charge is 0.327 e. The fourth-order valence-corrected chi connectivity index (χ4v) is 7.03. The number of nitrogens with two attached hydrogens (primary N) is 3. The zero-order chi connectivity index (χ0) is 55.0. The van der Waals surface area contributed by atoms with Gasteiger partial charge in [0.2, 0.25) is 29.5 Å². The minimum Gasteiger partial charge on any atom is -0.480 e. The Morgan fingerprint density at radius 1 is 0.764 bits per heavy atom. The number of benzene rings is 1. The average Bonchev–Trinajstić information content (AvgIpc) is 3.31. The molecule has 400 valence electrons. The first kappa shape index (κ1) is 62.9. The average molecular weight is 1010 g/mol. The van der Waals surface area contributed by atoms with Crippen molar-refractivity contribution in [2.45, 2.75) is 129 Å². The molecule has 0 unspecified atom stereocenters. The summed E-state index contributed by atoms with van der Waals surface area (Å²) in [5.74, 6) is -12.5. The number of carboxylic acid groups (broad SMARTS) is 3. The molecule has 72 heavy (non-hydrogen) atoms. The second kappa shape index (κ2) is 31.2. The van der Waals surface area contributed by atoms with Crippen molar-refractivity contribution in [2.24, 2.45) is 45.9 Å². The molecule has 6 amide bonds. The Hall–Kier alpha value is -7.14. The summed E-state index contributed by atoms with van der Waals surface area (Å²) >= 11 is 0. The Balaban J connectivity index is 2.89. The number of nitrogens with zero attached hydrogens (tertiary/aromatic N) is 2. The van der Waals surface area contributed by atoms with Crippen LogP contribution in [0.2, 0.25) is 0 Å². The molecule has 1 rings (SSSR count). The number of hydrogen-bond acceptors (Lipinski definition) is 12. The standard InChI is InChI=1S/C49H76N10O13/c1-26(2)23-37(45(65)58-40(48(70)71)30(6)42(62)55-35(46(66)67)17-14-22-53-49(51)52)57-43(63)31(7)54-44(64)32(8)59(9)39(60)21-20-36(47(68)69)56-41(61)29(5)34(50)19-18-27(3)24-28(4)38(72-10)25-33-15-12-11-13-16-33/h11-13,15-16,18-19,24,26,28-31,34-38,40H,8,14,17,20-23,25,50H2,1-7,9-10H3,(H,54,64)(H,55,62)(H,56,61)(H,57,63)(H,58,65)(H,66,67)(H,68,69)(H,70,71)(H4,51,52,53)/t28-,29-,30-,31+,34-,35-,36+,37-,38-,40+/m0/s1. The number of carbonyl (C=O) groups is 9. The van der Waals surface area contributed by atoms with Crippen molar-refractivity contribution < 1.29 is 63.2 Å². The predicted octanol–water partition coefficient (Wildman–Crippen LogP) is 0.532. The lowest BCUT2D eigenvalue weighted by molar-refractivity contribution is -0.147. The molecule has 23 nitrogen and oxygen atoms in total. The molecule has 0 saturated carbocycles. The van der Waals surface area contributed by atoms with Gasteiger partial charge in [-0.15, -0.1) is 0 Å². The lowest BCUT2D eigenvalue weighted by Crippen LogP contribution is -2.58. The van der Waals surface area contributed by atoms with E-state index in [0.717, 1.165) is 16.0 Å². The first-order chi connectivity index (χ1) is 33.6. The van der Waals surface area contributed by atoms with E-state index in [2.05, 4.69) is 38.2 Å². The molecule has 0 heterocycles.